The van der Waals surface area contributed by atoms with E-state index in [0.717, 1.165) is 42.5 Å². The molecule has 4 saturated heterocycles. The zero-order valence-electron chi connectivity index (χ0n) is 51.6. The zero-order chi connectivity index (χ0) is 69.8. The van der Waals surface area contributed by atoms with Crippen LogP contribution < -0.4 is 54.7 Å². The van der Waals surface area contributed by atoms with E-state index in [1.165, 1.54) is 6.07 Å². The molecule has 91 heavy (non-hydrogen) atoms. The summed E-state index contributed by atoms with van der Waals surface area (Å²) in [6.07, 6.45) is 0. The molecule has 4 aromatic carbocycles. The van der Waals surface area contributed by atoms with E-state index in [2.05, 4.69) is 57.7 Å². The third-order valence-electron chi connectivity index (χ3n) is 14.8. The van der Waals surface area contributed by atoms with Gasteiger partial charge in [-0.1, -0.05) is 12.1 Å². The van der Waals surface area contributed by atoms with E-state index in [1.54, 1.807) is 55.4 Å². The molecule has 0 saturated carbocycles. The minimum atomic E-state index is -4.11. The largest absolute Gasteiger partial charge is 1.00 e. The van der Waals surface area contributed by atoms with E-state index >= 15 is 0 Å². The minimum absolute atomic E-state index is 0. The first-order valence-corrected chi connectivity index (χ1v) is 28.0. The van der Waals surface area contributed by atoms with Crippen molar-refractivity contribution in [3.63, 3.8) is 0 Å². The van der Waals surface area contributed by atoms with Crippen LogP contribution in [-0.2, 0) is 42.0 Å². The number of ether oxygens (including phenoxy) is 3. The van der Waals surface area contributed by atoms with Gasteiger partial charge in [0.05, 0.1) is 53.8 Å². The fourth-order valence-corrected chi connectivity index (χ4v) is 7.59. The van der Waals surface area contributed by atoms with Gasteiger partial charge in [-0.05, 0) is 191 Å². The van der Waals surface area contributed by atoms with Crippen LogP contribution in [0.5, 0.6) is 23.0 Å². The Labute approximate surface area is 559 Å². The van der Waals surface area contributed by atoms with Crippen LogP contribution in [0.15, 0.2) is 57.5 Å². The molecule has 0 amide bonds. The van der Waals surface area contributed by atoms with Crippen LogP contribution >= 0.6 is 43.5 Å². The second-order valence-electron chi connectivity index (χ2n) is 23.3. The zero-order valence-corrected chi connectivity index (χ0v) is 57.6. The van der Waals surface area contributed by atoms with Gasteiger partial charge in [-0.25, -0.2) is 22.4 Å². The number of phenols is 1. The number of hydrogen-bond donors (Lipinski definition) is 2. The maximum atomic E-state index is 14.0. The van der Waals surface area contributed by atoms with Crippen molar-refractivity contribution in [2.45, 2.75) is 181 Å². The summed E-state index contributed by atoms with van der Waals surface area (Å²) in [4.78, 5) is 9.14. The first kappa shape index (κ1) is 83.7. The maximum Gasteiger partial charge on any atom is 1.00 e. The van der Waals surface area contributed by atoms with Crippen molar-refractivity contribution in [1.82, 2.24) is 0 Å². The van der Waals surface area contributed by atoms with Crippen molar-refractivity contribution in [3.8, 4) is 23.0 Å². The molecule has 4 aliphatic heterocycles. The SMILES string of the molecule is CC1(C)OB(B2OC(C)(C)C(C)(C)O2)OC1(C)C.CC1(C)OB(c2ccc(OC(F)F)c(F)c2F)OC1(C)C.CC1(C)OB(c2ccc(OC(F)F)c(F)c2F)OC1(C)C.Fc1c(Br)ccc(OC(F)F)c1F.O=C(O)C(F)(F)Cl.Oc1ccc(Br)c(F)c1F.[Na+]. The molecular formula is C53H61B4Br2ClF16NaO14+. The predicted molar refractivity (Wildman–Crippen MR) is 304 cm³/mol. The Hall–Kier alpha value is -3.38. The van der Waals surface area contributed by atoms with E-state index in [4.69, 9.17) is 52.2 Å². The number of carboxylic acids is 1. The van der Waals surface area contributed by atoms with E-state index in [0.29, 0.717) is 0 Å². The number of rotatable bonds is 10. The fraction of sp³-hybridized carbons (Fsp3) is 0.528. The van der Waals surface area contributed by atoms with Crippen LogP contribution in [0.4, 0.5) is 70.2 Å². The van der Waals surface area contributed by atoms with Crippen molar-refractivity contribution in [1.29, 1.82) is 0 Å². The fourth-order valence-electron chi connectivity index (χ4n) is 6.98. The summed E-state index contributed by atoms with van der Waals surface area (Å²) < 4.78 is 257. The Balaban J connectivity index is 0.000000383. The van der Waals surface area contributed by atoms with Gasteiger partial charge in [0, 0.05) is 10.9 Å². The molecule has 38 heteroatoms. The van der Waals surface area contributed by atoms with Gasteiger partial charge in [0.25, 0.3) is 0 Å². The molecule has 4 fully saturated rings. The molecule has 0 aliphatic carbocycles. The topological polar surface area (TPSA) is 159 Å². The van der Waals surface area contributed by atoms with Gasteiger partial charge in [0.1, 0.15) is 0 Å². The molecule has 4 aromatic rings. The quantitative estimate of drug-likeness (QED) is 0.0668. The third-order valence-corrected chi connectivity index (χ3v) is 16.2. The van der Waals surface area contributed by atoms with E-state index in [9.17, 15) is 70.2 Å². The smallest absolute Gasteiger partial charge is 0.505 e. The van der Waals surface area contributed by atoms with Crippen LogP contribution in [0.25, 0.3) is 0 Å². The molecule has 502 valence electrons. The predicted octanol–water partition coefficient (Wildman–Crippen LogP) is 11.6. The number of phenolic OH excluding ortho intramolecular Hbond substituents is 1. The van der Waals surface area contributed by atoms with Crippen LogP contribution in [-0.4, -0.2) is 114 Å². The summed E-state index contributed by atoms with van der Waals surface area (Å²) >= 11 is 9.38. The molecule has 0 spiro atoms. The molecule has 8 rings (SSSR count). The Kier molecular flexibility index (Phi) is 29.1. The number of aromatic hydroxyl groups is 1. The van der Waals surface area contributed by atoms with Gasteiger partial charge in [-0.15, -0.1) is 0 Å². The number of hydrogen-bond acceptors (Lipinski definition) is 13. The second kappa shape index (κ2) is 31.7. The monoisotopic (exact) mass is 1490 g/mol. The molecule has 2 N–H and O–H groups in total. The van der Waals surface area contributed by atoms with Crippen LogP contribution in [0.3, 0.4) is 0 Å². The summed E-state index contributed by atoms with van der Waals surface area (Å²) in [6.45, 7) is 20.6. The Morgan fingerprint density at radius 2 is 0.648 bits per heavy atom. The molecular weight excluding hydrogens is 1430 g/mol. The summed E-state index contributed by atoms with van der Waals surface area (Å²) in [6, 6.07) is 8.35. The number of aliphatic carboxylic acids is 1. The summed E-state index contributed by atoms with van der Waals surface area (Å²) in [5.41, 5.74) is -4.74. The van der Waals surface area contributed by atoms with Crippen LogP contribution in [0.2, 0.25) is 0 Å². The van der Waals surface area contributed by atoms with Crippen molar-refractivity contribution in [3.05, 3.63) is 104 Å². The Bertz CT molecular complexity index is 2920. The minimum Gasteiger partial charge on any atom is -0.505 e. The number of carbonyl (C=O) groups is 1. The van der Waals surface area contributed by atoms with Gasteiger partial charge >= 0.3 is 89.0 Å². The average Bonchev–Trinajstić information content (AvgIpc) is 1.68. The van der Waals surface area contributed by atoms with Gasteiger partial charge in [-0.3, -0.25) is 0 Å². The van der Waals surface area contributed by atoms with Gasteiger partial charge in [0.2, 0.25) is 11.6 Å². The van der Waals surface area contributed by atoms with E-state index in [-0.39, 0.29) is 71.8 Å². The standard InChI is InChI=1S/2C13H15BF4O3.C12H24B2O4.C7H3BrF4O.C6H3BrF2O.C2HClF2O2.Na/c2*1-12(2)13(3,4)21-14(20-12)7-5-6-8(19-11(17)18)10(16)9(7)15;1-9(2)10(3,4)16-13(15-9)14-17-11(5,6)12(7,8)18-14;8-3-1-2-4(13-7(11)12)6(10)5(3)9;7-3-1-2-4(10)6(9)5(3)8;3-2(4,5)1(6)7;/h2*5-6,11H,1-4H3;1-8H3;1-2,7H;1-2,10H;(H,6,7);/q;;;;;;+1. The maximum absolute atomic E-state index is 14.0. The van der Waals surface area contributed by atoms with E-state index in [1.807, 2.05) is 55.4 Å². The van der Waals surface area contributed by atoms with E-state index < -0.39 is 151 Å². The third kappa shape index (κ3) is 21.3. The van der Waals surface area contributed by atoms with Crippen LogP contribution in [0.1, 0.15) is 111 Å². The molecule has 0 radical (unpaired) electrons. The first-order valence-electron chi connectivity index (χ1n) is 26.1. The van der Waals surface area contributed by atoms with Gasteiger partial charge < -0.3 is 61.7 Å². The Morgan fingerprint density at radius 3 is 0.890 bits per heavy atom. The van der Waals surface area contributed by atoms with Crippen molar-refractivity contribution in [2.24, 2.45) is 0 Å². The number of benzene rings is 4. The summed E-state index contributed by atoms with van der Waals surface area (Å²) in [5.74, 6) is -16.2. The molecule has 14 nitrogen and oxygen atoms in total. The Morgan fingerprint density at radius 1 is 0.429 bits per heavy atom. The van der Waals surface area contributed by atoms with Crippen molar-refractivity contribution < 1.29 is 166 Å². The number of halogens is 19. The first-order chi connectivity index (χ1) is 40.6. The molecule has 4 aliphatic rings. The number of carboxylic acid groups (broad SMARTS) is 1. The molecule has 4 heterocycles. The normalized spacial score (nSPS) is 19.1. The number of alkyl halides is 9. The average molecular weight is 1490 g/mol. The molecule has 0 unspecified atom stereocenters. The van der Waals surface area contributed by atoms with Gasteiger partial charge in [0.15, 0.2) is 57.9 Å². The summed E-state index contributed by atoms with van der Waals surface area (Å²) in [5, 5.41) is 11.8. The van der Waals surface area contributed by atoms with Crippen molar-refractivity contribution in [2.75, 3.05) is 0 Å². The molecule has 0 atom stereocenters. The van der Waals surface area contributed by atoms with Gasteiger partial charge in [-0.2, -0.15) is 52.7 Å². The molecule has 0 bridgehead atoms. The van der Waals surface area contributed by atoms with Crippen LogP contribution in [0, 0.1) is 46.5 Å². The van der Waals surface area contributed by atoms with Crippen molar-refractivity contribution >= 4 is 88.6 Å². The molecule has 0 aromatic heterocycles. The summed E-state index contributed by atoms with van der Waals surface area (Å²) in [7, 11) is -3.19. The second-order valence-corrected chi connectivity index (χ2v) is 25.5.